The molecule has 0 bridgehead atoms. The molecule has 0 aliphatic heterocycles. The summed E-state index contributed by atoms with van der Waals surface area (Å²) in [6, 6.07) is 0.313. The maximum absolute atomic E-state index is 8.40. The van der Waals surface area contributed by atoms with Crippen LogP contribution in [-0.2, 0) is 0 Å². The first kappa shape index (κ1) is 11.4. The van der Waals surface area contributed by atoms with Gasteiger partial charge in [0.15, 0.2) is 0 Å². The summed E-state index contributed by atoms with van der Waals surface area (Å²) in [4.78, 5) is 1.76. The van der Waals surface area contributed by atoms with E-state index in [0.29, 0.717) is 6.04 Å². The zero-order chi connectivity index (χ0) is 9.56. The van der Waals surface area contributed by atoms with Crippen LogP contribution in [0.1, 0.15) is 13.3 Å². The van der Waals surface area contributed by atoms with Crippen LogP contribution in [0.3, 0.4) is 0 Å². The average molecular weight is 191 g/mol. The Morgan fingerprint density at radius 1 is 1.75 bits per heavy atom. The summed E-state index contributed by atoms with van der Waals surface area (Å²) in [5, 5.41) is 11.3. The SMILES string of the molecule is CSCCC(C)N(C)C(N)=NO. The third kappa shape index (κ3) is 3.71. The Morgan fingerprint density at radius 3 is 2.75 bits per heavy atom. The van der Waals surface area contributed by atoms with E-state index < -0.39 is 0 Å². The van der Waals surface area contributed by atoms with Crippen molar-refractivity contribution in [2.24, 2.45) is 10.9 Å². The van der Waals surface area contributed by atoms with Gasteiger partial charge >= 0.3 is 0 Å². The average Bonchev–Trinajstić information content (AvgIpc) is 2.11. The smallest absolute Gasteiger partial charge is 0.233 e. The Kier molecular flexibility index (Phi) is 5.70. The predicted molar refractivity (Wildman–Crippen MR) is 53.6 cm³/mol. The summed E-state index contributed by atoms with van der Waals surface area (Å²) in [5.41, 5.74) is 5.41. The fraction of sp³-hybridized carbons (Fsp3) is 0.857. The maximum atomic E-state index is 8.40. The van der Waals surface area contributed by atoms with Gasteiger partial charge in [0, 0.05) is 13.1 Å². The third-order valence-corrected chi connectivity index (χ3v) is 2.51. The molecule has 0 heterocycles. The lowest BCUT2D eigenvalue weighted by Gasteiger charge is -2.24. The Balaban J connectivity index is 3.83. The molecule has 72 valence electrons. The molecule has 0 aromatic rings. The molecule has 5 heteroatoms. The van der Waals surface area contributed by atoms with Gasteiger partial charge in [0.05, 0.1) is 0 Å². The van der Waals surface area contributed by atoms with Gasteiger partial charge in [-0.1, -0.05) is 5.16 Å². The van der Waals surface area contributed by atoms with E-state index in [0.717, 1.165) is 12.2 Å². The van der Waals surface area contributed by atoms with Crippen LogP contribution in [0.5, 0.6) is 0 Å². The zero-order valence-corrected chi connectivity index (χ0v) is 8.64. The number of oxime groups is 1. The van der Waals surface area contributed by atoms with Crippen LogP contribution in [0.2, 0.25) is 0 Å². The fourth-order valence-electron chi connectivity index (χ4n) is 0.778. The largest absolute Gasteiger partial charge is 0.408 e. The van der Waals surface area contributed by atoms with Crippen LogP contribution >= 0.6 is 11.8 Å². The van der Waals surface area contributed by atoms with Crippen LogP contribution in [0.4, 0.5) is 0 Å². The molecular formula is C7H17N3OS. The highest BCUT2D eigenvalue weighted by Crippen LogP contribution is 2.05. The van der Waals surface area contributed by atoms with Gasteiger partial charge in [0.2, 0.25) is 5.96 Å². The van der Waals surface area contributed by atoms with Gasteiger partial charge < -0.3 is 15.8 Å². The minimum absolute atomic E-state index is 0.170. The minimum atomic E-state index is 0.170. The number of rotatable bonds is 4. The second kappa shape index (κ2) is 5.99. The van der Waals surface area contributed by atoms with Gasteiger partial charge in [0.25, 0.3) is 0 Å². The molecule has 0 aliphatic carbocycles. The van der Waals surface area contributed by atoms with Gasteiger partial charge in [-0.25, -0.2) is 0 Å². The van der Waals surface area contributed by atoms with Gasteiger partial charge in [0.1, 0.15) is 0 Å². The molecule has 0 fully saturated rings. The van der Waals surface area contributed by atoms with Crippen LogP contribution < -0.4 is 5.73 Å². The minimum Gasteiger partial charge on any atom is -0.408 e. The van der Waals surface area contributed by atoms with Crippen molar-refractivity contribution in [2.45, 2.75) is 19.4 Å². The van der Waals surface area contributed by atoms with Crippen molar-refractivity contribution in [3.63, 3.8) is 0 Å². The number of guanidine groups is 1. The zero-order valence-electron chi connectivity index (χ0n) is 7.82. The van der Waals surface area contributed by atoms with Crippen LogP contribution in [0.15, 0.2) is 5.16 Å². The number of hydrogen-bond donors (Lipinski definition) is 2. The van der Waals surface area contributed by atoms with Crippen molar-refractivity contribution < 1.29 is 5.21 Å². The lowest BCUT2D eigenvalue weighted by molar-refractivity contribution is 0.292. The Labute approximate surface area is 77.8 Å². The molecule has 0 saturated carbocycles. The molecule has 4 nitrogen and oxygen atoms in total. The molecule has 0 aliphatic rings. The van der Waals surface area contributed by atoms with Crippen molar-refractivity contribution in [2.75, 3.05) is 19.1 Å². The Bertz CT molecular complexity index is 152. The lowest BCUT2D eigenvalue weighted by atomic mass is 10.2. The Hall–Kier alpha value is -0.580. The normalized spacial score (nSPS) is 14.4. The first-order chi connectivity index (χ1) is 5.63. The van der Waals surface area contributed by atoms with E-state index in [-0.39, 0.29) is 5.96 Å². The van der Waals surface area contributed by atoms with Crippen molar-refractivity contribution in [3.8, 4) is 0 Å². The van der Waals surface area contributed by atoms with Crippen molar-refractivity contribution in [1.29, 1.82) is 0 Å². The molecule has 0 saturated heterocycles. The quantitative estimate of drug-likeness (QED) is 0.298. The molecule has 3 N–H and O–H groups in total. The van der Waals surface area contributed by atoms with Gasteiger partial charge in [-0.3, -0.25) is 0 Å². The first-order valence-corrected chi connectivity index (χ1v) is 5.22. The predicted octanol–water partition coefficient (Wildman–Crippen LogP) is 0.764. The number of hydrogen-bond acceptors (Lipinski definition) is 3. The summed E-state index contributed by atoms with van der Waals surface area (Å²) in [6.45, 7) is 2.05. The molecule has 0 rings (SSSR count). The topological polar surface area (TPSA) is 61.8 Å². The summed E-state index contributed by atoms with van der Waals surface area (Å²) in [7, 11) is 1.82. The Morgan fingerprint density at radius 2 is 2.33 bits per heavy atom. The highest BCUT2D eigenvalue weighted by Gasteiger charge is 2.10. The molecular weight excluding hydrogens is 174 g/mol. The van der Waals surface area contributed by atoms with Gasteiger partial charge in [-0.2, -0.15) is 11.8 Å². The number of thioether (sulfide) groups is 1. The number of nitrogens with two attached hydrogens (primary N) is 1. The third-order valence-electron chi connectivity index (χ3n) is 1.86. The summed E-state index contributed by atoms with van der Waals surface area (Å²) >= 11 is 1.80. The van der Waals surface area contributed by atoms with Crippen LogP contribution in [-0.4, -0.2) is 41.2 Å². The summed E-state index contributed by atoms with van der Waals surface area (Å²) < 4.78 is 0. The molecule has 0 radical (unpaired) electrons. The van der Waals surface area contributed by atoms with Crippen LogP contribution in [0.25, 0.3) is 0 Å². The number of nitrogens with zero attached hydrogens (tertiary/aromatic N) is 2. The second-order valence-electron chi connectivity index (χ2n) is 2.70. The van der Waals surface area contributed by atoms with Crippen molar-refractivity contribution >= 4 is 17.7 Å². The van der Waals surface area contributed by atoms with Gasteiger partial charge in [-0.15, -0.1) is 0 Å². The van der Waals surface area contributed by atoms with E-state index >= 15 is 0 Å². The summed E-state index contributed by atoms with van der Waals surface area (Å²) in [6.07, 6.45) is 3.10. The highest BCUT2D eigenvalue weighted by atomic mass is 32.2. The molecule has 1 atom stereocenters. The van der Waals surface area contributed by atoms with E-state index in [2.05, 4.69) is 11.4 Å². The van der Waals surface area contributed by atoms with E-state index in [9.17, 15) is 0 Å². The highest BCUT2D eigenvalue weighted by molar-refractivity contribution is 7.98. The van der Waals surface area contributed by atoms with E-state index in [1.807, 2.05) is 14.0 Å². The molecule has 12 heavy (non-hydrogen) atoms. The molecule has 0 spiro atoms. The molecule has 0 aromatic heterocycles. The molecule has 0 aromatic carbocycles. The van der Waals surface area contributed by atoms with E-state index in [1.165, 1.54) is 0 Å². The standard InChI is InChI=1S/C7H17N3OS/c1-6(4-5-12-3)10(2)7(8)9-11/h6,11H,4-5H2,1-3H3,(H2,8,9). The second-order valence-corrected chi connectivity index (χ2v) is 3.69. The summed E-state index contributed by atoms with van der Waals surface area (Å²) in [5.74, 6) is 1.26. The molecule has 0 amide bonds. The lowest BCUT2D eigenvalue weighted by Crippen LogP contribution is -2.40. The van der Waals surface area contributed by atoms with Crippen LogP contribution in [0, 0.1) is 0 Å². The maximum Gasteiger partial charge on any atom is 0.233 e. The van der Waals surface area contributed by atoms with Crippen molar-refractivity contribution in [1.82, 2.24) is 4.90 Å². The van der Waals surface area contributed by atoms with E-state index in [4.69, 9.17) is 10.9 Å². The van der Waals surface area contributed by atoms with Gasteiger partial charge in [-0.05, 0) is 25.4 Å². The van der Waals surface area contributed by atoms with E-state index in [1.54, 1.807) is 16.7 Å². The molecule has 1 unspecified atom stereocenters. The monoisotopic (exact) mass is 191 g/mol. The fourth-order valence-corrected chi connectivity index (χ4v) is 1.36. The first-order valence-electron chi connectivity index (χ1n) is 3.82. The van der Waals surface area contributed by atoms with Crippen molar-refractivity contribution in [3.05, 3.63) is 0 Å².